The number of rotatable bonds is 7. The van der Waals surface area contributed by atoms with Crippen LogP contribution in [0, 0.1) is 6.92 Å². The van der Waals surface area contributed by atoms with E-state index in [1.54, 1.807) is 0 Å². The van der Waals surface area contributed by atoms with E-state index in [4.69, 9.17) is 9.84 Å². The van der Waals surface area contributed by atoms with Gasteiger partial charge in [0, 0.05) is 21.6 Å². The van der Waals surface area contributed by atoms with E-state index < -0.39 is 0 Å². The molecule has 0 bridgehead atoms. The summed E-state index contributed by atoms with van der Waals surface area (Å²) in [5.74, 6) is 3.39. The molecule has 0 fully saturated rings. The summed E-state index contributed by atoms with van der Waals surface area (Å²) in [6.45, 7) is 8.02. The van der Waals surface area contributed by atoms with Crippen LogP contribution in [0.15, 0.2) is 46.9 Å². The molecule has 1 aliphatic heterocycles. The van der Waals surface area contributed by atoms with Crippen molar-refractivity contribution in [1.82, 2.24) is 9.78 Å². The van der Waals surface area contributed by atoms with E-state index in [0.29, 0.717) is 18.1 Å². The average Bonchev–Trinajstić information content (AvgIpc) is 2.92. The molecule has 3 aromatic rings. The lowest BCUT2D eigenvalue weighted by Gasteiger charge is -2.13. The Hall–Kier alpha value is -2.47. The monoisotopic (exact) mass is 496 g/mol. The maximum Gasteiger partial charge on any atom is 0.315 e. The number of ether oxygens (including phenoxy) is 1. The second-order valence-corrected chi connectivity index (χ2v) is 9.78. The molecule has 0 saturated heterocycles. The first kappa shape index (κ1) is 22.7. The zero-order valence-corrected chi connectivity index (χ0v) is 20.7. The van der Waals surface area contributed by atoms with Gasteiger partial charge in [0.15, 0.2) is 18.9 Å². The van der Waals surface area contributed by atoms with Gasteiger partial charge < -0.3 is 4.74 Å². The first-order chi connectivity index (χ1) is 15.4. The second-order valence-electron chi connectivity index (χ2n) is 8.87. The van der Waals surface area contributed by atoms with Gasteiger partial charge in [-0.3, -0.25) is 4.79 Å². The van der Waals surface area contributed by atoms with E-state index in [2.05, 4.69) is 59.5 Å². The summed E-state index contributed by atoms with van der Waals surface area (Å²) >= 11 is 3.43. The Morgan fingerprint density at radius 3 is 2.69 bits per heavy atom. The summed E-state index contributed by atoms with van der Waals surface area (Å²) in [4.78, 5) is 12.9. The lowest BCUT2D eigenvalue weighted by atomic mass is 10.0. The quantitative estimate of drug-likeness (QED) is 0.318. The predicted molar refractivity (Wildman–Crippen MR) is 128 cm³/mol. The van der Waals surface area contributed by atoms with E-state index in [1.165, 1.54) is 17.5 Å². The number of aromatic nitrogens is 3. The zero-order valence-electron chi connectivity index (χ0n) is 19.1. The van der Waals surface area contributed by atoms with Crippen LogP contribution >= 0.6 is 15.9 Å². The third kappa shape index (κ3) is 5.12. The van der Waals surface area contributed by atoms with Gasteiger partial charge in [0.25, 0.3) is 0 Å². The first-order valence-corrected chi connectivity index (χ1v) is 12.2. The van der Waals surface area contributed by atoms with Crippen molar-refractivity contribution in [3.63, 3.8) is 0 Å². The van der Waals surface area contributed by atoms with Gasteiger partial charge in [-0.25, -0.2) is 4.57 Å². The van der Waals surface area contributed by atoms with Gasteiger partial charge in [-0.2, -0.15) is 0 Å². The van der Waals surface area contributed by atoms with Gasteiger partial charge in [0.2, 0.25) is 5.82 Å². The van der Waals surface area contributed by atoms with Gasteiger partial charge in [-0.1, -0.05) is 54.0 Å². The highest BCUT2D eigenvalue weighted by Gasteiger charge is 2.29. The molecule has 1 aromatic heterocycles. The predicted octanol–water partition coefficient (Wildman–Crippen LogP) is 5.55. The molecule has 0 N–H and O–H groups in total. The van der Waals surface area contributed by atoms with Crippen molar-refractivity contribution in [3.05, 3.63) is 75.3 Å². The molecule has 1 aliphatic rings. The zero-order chi connectivity index (χ0) is 22.7. The number of halogens is 1. The Bertz CT molecular complexity index is 1100. The van der Waals surface area contributed by atoms with Crippen LogP contribution in [0.3, 0.4) is 0 Å². The van der Waals surface area contributed by atoms with Crippen LogP contribution in [0.2, 0.25) is 0 Å². The van der Waals surface area contributed by atoms with Crippen LogP contribution in [0.5, 0.6) is 5.75 Å². The lowest BCUT2D eigenvalue weighted by molar-refractivity contribution is -0.712. The number of nitrogens with zero attached hydrogens (tertiary/aromatic N) is 3. The normalized spacial score (nSPS) is 13.7. The highest BCUT2D eigenvalue weighted by atomic mass is 79.9. The smallest absolute Gasteiger partial charge is 0.315 e. The minimum absolute atomic E-state index is 0.0703. The molecule has 0 amide bonds. The molecule has 32 heavy (non-hydrogen) atoms. The van der Waals surface area contributed by atoms with Gasteiger partial charge in [-0.05, 0) is 61.4 Å². The highest BCUT2D eigenvalue weighted by Crippen LogP contribution is 2.28. The summed E-state index contributed by atoms with van der Waals surface area (Å²) in [5.41, 5.74) is 3.09. The molecule has 0 saturated carbocycles. The number of fused-ring (bicyclic) bond motifs is 1. The topological polar surface area (TPSA) is 48.0 Å². The van der Waals surface area contributed by atoms with Gasteiger partial charge in [0.05, 0.1) is 6.54 Å². The molecular weight excluding hydrogens is 466 g/mol. The second kappa shape index (κ2) is 9.99. The maximum atomic E-state index is 12.9. The molecule has 0 atom stereocenters. The van der Waals surface area contributed by atoms with Gasteiger partial charge in [0.1, 0.15) is 5.75 Å². The van der Waals surface area contributed by atoms with Crippen LogP contribution in [0.4, 0.5) is 0 Å². The number of carbonyl (C=O) groups is 1. The Labute approximate surface area is 198 Å². The standard InChI is InChI=1S/C26H31BrN3O2/c1-18(2)22-13-8-19(3)15-24(22)32-17-25-28-30(26-7-5-4-6-14-29(25)26)16-23(31)20-9-11-21(27)12-10-20/h8-13,15,18H,4-7,14,16-17H2,1-3H3/q+1. The molecular formula is C26H31BrN3O2+. The number of carbonyl (C=O) groups excluding carboxylic acids is 1. The number of benzene rings is 2. The number of aryl methyl sites for hydroxylation is 1. The molecule has 0 spiro atoms. The SMILES string of the molecule is Cc1ccc(C(C)C)c(OCc2nn(CC(=O)c3ccc(Br)cc3)c3[n+]2CCCCC3)c1. The van der Waals surface area contributed by atoms with Crippen LogP contribution in [0.25, 0.3) is 0 Å². The van der Waals surface area contributed by atoms with Crippen molar-refractivity contribution in [1.29, 1.82) is 0 Å². The minimum Gasteiger partial charge on any atom is -0.482 e. The molecule has 6 heteroatoms. The maximum absolute atomic E-state index is 12.9. The van der Waals surface area contributed by atoms with Crippen LogP contribution in [-0.2, 0) is 26.1 Å². The Morgan fingerprint density at radius 2 is 1.94 bits per heavy atom. The number of ketones is 1. The fourth-order valence-electron chi connectivity index (χ4n) is 4.27. The molecule has 0 unspecified atom stereocenters. The van der Waals surface area contributed by atoms with Gasteiger partial charge >= 0.3 is 5.82 Å². The van der Waals surface area contributed by atoms with E-state index in [1.807, 2.05) is 28.9 Å². The van der Waals surface area contributed by atoms with E-state index in [9.17, 15) is 4.79 Å². The van der Waals surface area contributed by atoms with Crippen molar-refractivity contribution in [3.8, 4) is 5.75 Å². The summed E-state index contributed by atoms with van der Waals surface area (Å²) in [5, 5.41) is 4.85. The Kier molecular flexibility index (Phi) is 7.09. The number of hydrogen-bond acceptors (Lipinski definition) is 3. The third-order valence-electron chi connectivity index (χ3n) is 6.05. The van der Waals surface area contributed by atoms with Crippen molar-refractivity contribution in [2.45, 2.75) is 72.1 Å². The molecule has 4 rings (SSSR count). The fourth-order valence-corrected chi connectivity index (χ4v) is 4.54. The highest BCUT2D eigenvalue weighted by molar-refractivity contribution is 9.10. The van der Waals surface area contributed by atoms with E-state index in [0.717, 1.165) is 47.7 Å². The van der Waals surface area contributed by atoms with Crippen LogP contribution in [-0.4, -0.2) is 15.6 Å². The largest absolute Gasteiger partial charge is 0.482 e. The molecule has 5 nitrogen and oxygen atoms in total. The van der Waals surface area contributed by atoms with Crippen molar-refractivity contribution >= 4 is 21.7 Å². The summed E-state index contributed by atoms with van der Waals surface area (Å²) < 4.78 is 11.4. The molecule has 168 valence electrons. The van der Waals surface area contributed by atoms with Crippen molar-refractivity contribution in [2.24, 2.45) is 0 Å². The van der Waals surface area contributed by atoms with E-state index in [-0.39, 0.29) is 12.3 Å². The van der Waals surface area contributed by atoms with Crippen LogP contribution in [0.1, 0.15) is 72.2 Å². The third-order valence-corrected chi connectivity index (χ3v) is 6.58. The molecule has 2 heterocycles. The first-order valence-electron chi connectivity index (χ1n) is 11.4. The Morgan fingerprint density at radius 1 is 1.16 bits per heavy atom. The summed E-state index contributed by atoms with van der Waals surface area (Å²) in [7, 11) is 0. The molecule has 0 radical (unpaired) electrons. The lowest BCUT2D eigenvalue weighted by Crippen LogP contribution is -2.41. The molecule has 0 aliphatic carbocycles. The number of Topliss-reactive ketones (excluding diaryl/α,β-unsaturated/α-hetero) is 1. The Balaban J connectivity index is 1.59. The van der Waals surface area contributed by atoms with Crippen molar-refractivity contribution in [2.75, 3.05) is 0 Å². The fraction of sp³-hybridized carbons (Fsp3) is 0.423. The van der Waals surface area contributed by atoms with Gasteiger partial charge in [-0.15, -0.1) is 4.68 Å². The number of hydrogen-bond donors (Lipinski definition) is 0. The average molecular weight is 497 g/mol. The summed E-state index contributed by atoms with van der Waals surface area (Å²) in [6, 6.07) is 13.9. The minimum atomic E-state index is 0.0703. The van der Waals surface area contributed by atoms with E-state index >= 15 is 0 Å². The molecule has 2 aromatic carbocycles. The van der Waals surface area contributed by atoms with Crippen molar-refractivity contribution < 1.29 is 14.1 Å². The summed E-state index contributed by atoms with van der Waals surface area (Å²) in [6.07, 6.45) is 4.37. The van der Waals surface area contributed by atoms with Crippen LogP contribution < -0.4 is 9.30 Å².